The molecule has 0 unspecified atom stereocenters. The van der Waals surface area contributed by atoms with E-state index in [0.29, 0.717) is 17.4 Å². The molecule has 9 nitrogen and oxygen atoms in total. The highest BCUT2D eigenvalue weighted by molar-refractivity contribution is 6.16. The van der Waals surface area contributed by atoms with Gasteiger partial charge in [-0.1, -0.05) is 35.5 Å². The van der Waals surface area contributed by atoms with Gasteiger partial charge in [-0.15, -0.1) is 0 Å². The Morgan fingerprint density at radius 3 is 2.39 bits per heavy atom. The number of benzene rings is 1. The summed E-state index contributed by atoms with van der Waals surface area (Å²) >= 11 is 0. The second-order valence-electron chi connectivity index (χ2n) is 8.36. The fourth-order valence-electron chi connectivity index (χ4n) is 3.53. The number of anilines is 1. The van der Waals surface area contributed by atoms with Crippen LogP contribution in [0.4, 0.5) is 5.82 Å². The Hall–Kier alpha value is -3.88. The first-order chi connectivity index (χ1) is 16.1. The maximum Gasteiger partial charge on any atom is 0.238 e. The number of hydrogen-bond donors (Lipinski definition) is 0. The van der Waals surface area contributed by atoms with Gasteiger partial charge in [-0.05, 0) is 31.7 Å². The lowest BCUT2D eigenvalue weighted by molar-refractivity contribution is -0.127. The number of oxime groups is 1. The summed E-state index contributed by atoms with van der Waals surface area (Å²) in [7, 11) is 1.88. The minimum Gasteiger partial charge on any atom is -0.387 e. The molecule has 0 bridgehead atoms. The van der Waals surface area contributed by atoms with Gasteiger partial charge >= 0.3 is 0 Å². The van der Waals surface area contributed by atoms with E-state index in [2.05, 4.69) is 20.1 Å². The molecule has 5 rings (SSSR count). The van der Waals surface area contributed by atoms with Crippen LogP contribution in [0.5, 0.6) is 0 Å². The average Bonchev–Trinajstić information content (AvgIpc) is 3.76. The molecule has 0 saturated heterocycles. The maximum absolute atomic E-state index is 12.8. The molecule has 1 aromatic carbocycles. The van der Waals surface area contributed by atoms with Crippen LogP contribution in [0.2, 0.25) is 0 Å². The van der Waals surface area contributed by atoms with Gasteiger partial charge in [-0.25, -0.2) is 19.9 Å². The molecule has 0 spiro atoms. The van der Waals surface area contributed by atoms with Crippen LogP contribution in [0.25, 0.3) is 0 Å². The summed E-state index contributed by atoms with van der Waals surface area (Å²) < 4.78 is 1.86. The molecule has 2 aliphatic rings. The minimum absolute atomic E-state index is 0.00883. The van der Waals surface area contributed by atoms with Crippen LogP contribution in [0.1, 0.15) is 42.8 Å². The standard InChI is InChI=1S/C24H24N6O3/c1-29-15-25-13-19(29)22(16-5-3-2-4-6-16)28-33-14-20-26-12-11-21(27-20)30(23(31)17-7-8-17)24(32)18-9-10-18/h2-6,11-13,15,17-18H,7-10,14H2,1H3. The highest BCUT2D eigenvalue weighted by atomic mass is 16.6. The monoisotopic (exact) mass is 444 g/mol. The fourth-order valence-corrected chi connectivity index (χ4v) is 3.53. The van der Waals surface area contributed by atoms with Gasteiger partial charge in [0.05, 0.1) is 18.2 Å². The predicted molar refractivity (Wildman–Crippen MR) is 120 cm³/mol. The average molecular weight is 444 g/mol. The second-order valence-corrected chi connectivity index (χ2v) is 8.36. The number of rotatable bonds is 8. The van der Waals surface area contributed by atoms with Crippen molar-refractivity contribution in [2.24, 2.45) is 24.0 Å². The Morgan fingerprint density at radius 1 is 1.09 bits per heavy atom. The number of carbonyl (C=O) groups excluding carboxylic acids is 2. The van der Waals surface area contributed by atoms with Gasteiger partial charge in [0.15, 0.2) is 12.4 Å². The molecule has 0 aliphatic heterocycles. The Labute approximate surface area is 191 Å². The summed E-state index contributed by atoms with van der Waals surface area (Å²) in [5, 5.41) is 4.34. The summed E-state index contributed by atoms with van der Waals surface area (Å²) in [4.78, 5) is 45.3. The Kier molecular flexibility index (Phi) is 5.68. The molecule has 2 aromatic heterocycles. The molecule has 2 heterocycles. The van der Waals surface area contributed by atoms with E-state index >= 15 is 0 Å². The normalized spacial score (nSPS) is 15.8. The summed E-state index contributed by atoms with van der Waals surface area (Å²) in [6.07, 6.45) is 8.23. The molecule has 168 valence electrons. The topological polar surface area (TPSA) is 103 Å². The smallest absolute Gasteiger partial charge is 0.238 e. The van der Waals surface area contributed by atoms with E-state index in [1.807, 2.05) is 41.9 Å². The van der Waals surface area contributed by atoms with Gasteiger partial charge in [-0.2, -0.15) is 0 Å². The second kappa shape index (κ2) is 8.93. The zero-order chi connectivity index (χ0) is 22.8. The third-order valence-electron chi connectivity index (χ3n) is 5.67. The SMILES string of the molecule is Cn1cncc1C(=NOCc1nccc(N(C(=O)C2CC2)C(=O)C2CC2)n1)c1ccccc1. The Morgan fingerprint density at radius 2 is 1.79 bits per heavy atom. The third kappa shape index (κ3) is 4.67. The van der Waals surface area contributed by atoms with Gasteiger partial charge in [0.25, 0.3) is 0 Å². The van der Waals surface area contributed by atoms with Crippen LogP contribution >= 0.6 is 0 Å². The summed E-state index contributed by atoms with van der Waals surface area (Å²) in [6, 6.07) is 11.3. The third-order valence-corrected chi connectivity index (χ3v) is 5.67. The van der Waals surface area contributed by atoms with Crippen LogP contribution < -0.4 is 4.90 Å². The van der Waals surface area contributed by atoms with Crippen LogP contribution in [0.3, 0.4) is 0 Å². The number of amides is 2. The first kappa shape index (κ1) is 21.0. The van der Waals surface area contributed by atoms with E-state index in [4.69, 9.17) is 4.84 Å². The minimum atomic E-state index is -0.168. The van der Waals surface area contributed by atoms with Gasteiger partial charge in [0.1, 0.15) is 11.5 Å². The van der Waals surface area contributed by atoms with Crippen LogP contribution in [0.15, 0.2) is 60.3 Å². The number of nitrogens with zero attached hydrogens (tertiary/aromatic N) is 6. The highest BCUT2D eigenvalue weighted by Crippen LogP contribution is 2.37. The number of aryl methyl sites for hydroxylation is 1. The van der Waals surface area contributed by atoms with E-state index < -0.39 is 0 Å². The van der Waals surface area contributed by atoms with Gasteiger partial charge in [0, 0.05) is 30.6 Å². The molecular formula is C24H24N6O3. The summed E-state index contributed by atoms with van der Waals surface area (Å²) in [5.74, 6) is 0.136. The summed E-state index contributed by atoms with van der Waals surface area (Å²) in [5.41, 5.74) is 2.31. The van der Waals surface area contributed by atoms with Crippen LogP contribution in [0, 0.1) is 11.8 Å². The molecule has 2 fully saturated rings. The van der Waals surface area contributed by atoms with Gasteiger partial charge < -0.3 is 9.40 Å². The zero-order valence-electron chi connectivity index (χ0n) is 18.3. The Balaban J connectivity index is 1.36. The van der Waals surface area contributed by atoms with Crippen LogP contribution in [-0.4, -0.2) is 37.0 Å². The molecule has 0 atom stereocenters. The van der Waals surface area contributed by atoms with Crippen molar-refractivity contribution in [1.82, 2.24) is 19.5 Å². The predicted octanol–water partition coefficient (Wildman–Crippen LogP) is 2.86. The number of imidazole rings is 1. The van der Waals surface area contributed by atoms with Crippen molar-refractivity contribution in [3.63, 3.8) is 0 Å². The van der Waals surface area contributed by atoms with Crippen LogP contribution in [-0.2, 0) is 28.1 Å². The lowest BCUT2D eigenvalue weighted by atomic mass is 10.1. The number of carbonyl (C=O) groups is 2. The lowest BCUT2D eigenvalue weighted by Gasteiger charge is -2.20. The van der Waals surface area contributed by atoms with Crippen molar-refractivity contribution in [2.75, 3.05) is 4.90 Å². The first-order valence-electron chi connectivity index (χ1n) is 11.0. The van der Waals surface area contributed by atoms with Crippen molar-refractivity contribution in [2.45, 2.75) is 32.3 Å². The molecule has 2 amide bonds. The van der Waals surface area contributed by atoms with E-state index in [0.717, 1.165) is 36.9 Å². The van der Waals surface area contributed by atoms with E-state index in [-0.39, 0.29) is 30.3 Å². The fraction of sp³-hybridized carbons (Fsp3) is 0.333. The molecule has 33 heavy (non-hydrogen) atoms. The number of imide groups is 1. The van der Waals surface area contributed by atoms with E-state index in [1.165, 1.54) is 11.1 Å². The molecule has 0 radical (unpaired) electrons. The Bertz CT molecular complexity index is 1170. The highest BCUT2D eigenvalue weighted by Gasteiger charge is 2.42. The first-order valence-corrected chi connectivity index (χ1v) is 11.0. The maximum atomic E-state index is 12.8. The molecule has 0 N–H and O–H groups in total. The molecule has 3 aromatic rings. The van der Waals surface area contributed by atoms with Gasteiger partial charge in [-0.3, -0.25) is 9.59 Å². The molecular weight excluding hydrogens is 420 g/mol. The summed E-state index contributed by atoms with van der Waals surface area (Å²) in [6.45, 7) is -0.00883. The molecule has 2 aliphatic carbocycles. The largest absolute Gasteiger partial charge is 0.387 e. The number of hydrogen-bond acceptors (Lipinski definition) is 7. The molecule has 9 heteroatoms. The van der Waals surface area contributed by atoms with E-state index in [1.54, 1.807) is 18.6 Å². The van der Waals surface area contributed by atoms with Crippen molar-refractivity contribution >= 4 is 23.3 Å². The molecule has 2 saturated carbocycles. The zero-order valence-corrected chi connectivity index (χ0v) is 18.3. The number of aromatic nitrogens is 4. The quantitative estimate of drug-likeness (QED) is 0.301. The van der Waals surface area contributed by atoms with E-state index in [9.17, 15) is 9.59 Å². The van der Waals surface area contributed by atoms with Crippen molar-refractivity contribution < 1.29 is 14.4 Å². The lowest BCUT2D eigenvalue weighted by Crippen LogP contribution is -2.39. The van der Waals surface area contributed by atoms with Gasteiger partial charge in [0.2, 0.25) is 11.8 Å². The van der Waals surface area contributed by atoms with Crippen molar-refractivity contribution in [1.29, 1.82) is 0 Å². The van der Waals surface area contributed by atoms with Crippen molar-refractivity contribution in [3.8, 4) is 0 Å². The van der Waals surface area contributed by atoms with Crippen molar-refractivity contribution in [3.05, 3.63) is 72.2 Å².